The second kappa shape index (κ2) is 8.43. The van der Waals surface area contributed by atoms with Crippen LogP contribution in [0.4, 0.5) is 10.1 Å². The topological polar surface area (TPSA) is 118 Å². The minimum absolute atomic E-state index is 0. The van der Waals surface area contributed by atoms with Crippen molar-refractivity contribution in [1.82, 2.24) is 4.72 Å². The Labute approximate surface area is 148 Å². The van der Waals surface area contributed by atoms with E-state index in [0.717, 1.165) is 18.2 Å². The highest BCUT2D eigenvalue weighted by Gasteiger charge is 2.21. The molecule has 1 aromatic rings. The summed E-state index contributed by atoms with van der Waals surface area (Å²) in [5.74, 6) is -1.13. The maximum Gasteiger partial charge on any atom is 0.240 e. The summed E-state index contributed by atoms with van der Waals surface area (Å²) < 4.78 is 65.7. The summed E-state index contributed by atoms with van der Waals surface area (Å²) in [6.07, 6.45) is 0.377. The third kappa shape index (κ3) is 7.31. The van der Waals surface area contributed by atoms with E-state index in [-0.39, 0.29) is 35.3 Å². The molecular formula is C13H23ClFN3O4S2. The summed E-state index contributed by atoms with van der Waals surface area (Å²) in [5.41, 5.74) is 4.64. The molecule has 140 valence electrons. The maximum absolute atomic E-state index is 14.0. The van der Waals surface area contributed by atoms with Crippen molar-refractivity contribution in [3.63, 3.8) is 0 Å². The Bertz CT molecular complexity index is 762. The molecule has 0 amide bonds. The Kier molecular flexibility index (Phi) is 8.10. The lowest BCUT2D eigenvalue weighted by Gasteiger charge is -2.19. The highest BCUT2D eigenvalue weighted by atomic mass is 35.5. The molecule has 0 aromatic heterocycles. The number of benzene rings is 1. The number of rotatable bonds is 8. The fraction of sp³-hybridized carbons (Fsp3) is 0.538. The predicted octanol–water partition coefficient (Wildman–Crippen LogP) is 1.41. The SMILES string of the molecule is CCCS(=O)(=O)Nc1ccc(S(=O)(=O)NCC(C)(C)N)cc1F.Cl. The van der Waals surface area contributed by atoms with Gasteiger partial charge in [-0.25, -0.2) is 25.9 Å². The summed E-state index contributed by atoms with van der Waals surface area (Å²) in [7, 11) is -7.59. The normalized spacial score (nSPS) is 12.5. The van der Waals surface area contributed by atoms with Crippen LogP contribution in [0.1, 0.15) is 27.2 Å². The molecule has 1 aromatic carbocycles. The van der Waals surface area contributed by atoms with Crippen molar-refractivity contribution in [1.29, 1.82) is 0 Å². The monoisotopic (exact) mass is 403 g/mol. The molecule has 11 heteroatoms. The first-order valence-corrected chi connectivity index (χ1v) is 10.1. The van der Waals surface area contributed by atoms with Gasteiger partial charge in [0.15, 0.2) is 0 Å². The number of sulfonamides is 2. The van der Waals surface area contributed by atoms with Gasteiger partial charge in [0.1, 0.15) is 5.82 Å². The summed E-state index contributed by atoms with van der Waals surface area (Å²) in [4.78, 5) is -0.308. The van der Waals surface area contributed by atoms with Crippen LogP contribution in [0, 0.1) is 5.82 Å². The zero-order valence-corrected chi connectivity index (χ0v) is 16.1. The van der Waals surface area contributed by atoms with Crippen molar-refractivity contribution in [3.8, 4) is 0 Å². The lowest BCUT2D eigenvalue weighted by Crippen LogP contribution is -2.45. The van der Waals surface area contributed by atoms with E-state index in [9.17, 15) is 21.2 Å². The van der Waals surface area contributed by atoms with Gasteiger partial charge in [-0.3, -0.25) is 4.72 Å². The van der Waals surface area contributed by atoms with Gasteiger partial charge in [-0.15, -0.1) is 12.4 Å². The van der Waals surface area contributed by atoms with Crippen LogP contribution < -0.4 is 15.2 Å². The Hall–Kier alpha value is -0.940. The molecule has 0 fully saturated rings. The smallest absolute Gasteiger partial charge is 0.240 e. The summed E-state index contributed by atoms with van der Waals surface area (Å²) >= 11 is 0. The molecule has 0 radical (unpaired) electrons. The summed E-state index contributed by atoms with van der Waals surface area (Å²) in [5, 5.41) is 0. The van der Waals surface area contributed by atoms with Crippen LogP contribution in [0.15, 0.2) is 23.1 Å². The van der Waals surface area contributed by atoms with Gasteiger partial charge in [0.2, 0.25) is 20.0 Å². The Morgan fingerprint density at radius 2 is 1.79 bits per heavy atom. The van der Waals surface area contributed by atoms with Gasteiger partial charge >= 0.3 is 0 Å². The van der Waals surface area contributed by atoms with Crippen LogP contribution in [0.25, 0.3) is 0 Å². The molecule has 0 aliphatic rings. The van der Waals surface area contributed by atoms with Gasteiger partial charge in [-0.1, -0.05) is 6.92 Å². The minimum atomic E-state index is -3.93. The highest BCUT2D eigenvalue weighted by molar-refractivity contribution is 7.92. The maximum atomic E-state index is 14.0. The number of nitrogens with two attached hydrogens (primary N) is 1. The lowest BCUT2D eigenvalue weighted by atomic mass is 10.1. The third-order valence-corrected chi connectivity index (χ3v) is 5.58. The Morgan fingerprint density at radius 1 is 1.21 bits per heavy atom. The van der Waals surface area contributed by atoms with E-state index >= 15 is 0 Å². The molecule has 0 bridgehead atoms. The first kappa shape index (κ1) is 23.1. The van der Waals surface area contributed by atoms with Gasteiger partial charge in [0.05, 0.1) is 16.3 Å². The Morgan fingerprint density at radius 3 is 2.25 bits per heavy atom. The van der Waals surface area contributed by atoms with Crippen molar-refractivity contribution >= 4 is 38.1 Å². The molecule has 1 rings (SSSR count). The molecule has 0 unspecified atom stereocenters. The van der Waals surface area contributed by atoms with E-state index in [4.69, 9.17) is 5.73 Å². The minimum Gasteiger partial charge on any atom is -0.324 e. The van der Waals surface area contributed by atoms with Crippen LogP contribution in [0.5, 0.6) is 0 Å². The second-order valence-electron chi connectivity index (χ2n) is 5.88. The van der Waals surface area contributed by atoms with E-state index in [0.29, 0.717) is 6.42 Å². The third-order valence-electron chi connectivity index (χ3n) is 2.71. The molecular weight excluding hydrogens is 381 g/mol. The van der Waals surface area contributed by atoms with Crippen molar-refractivity contribution in [2.75, 3.05) is 17.0 Å². The number of anilines is 1. The fourth-order valence-corrected chi connectivity index (χ4v) is 3.97. The molecule has 4 N–H and O–H groups in total. The van der Waals surface area contributed by atoms with E-state index in [2.05, 4.69) is 9.44 Å². The predicted molar refractivity (Wildman–Crippen MR) is 94.8 cm³/mol. The molecule has 0 saturated heterocycles. The first-order chi connectivity index (χ1) is 10.4. The fourth-order valence-electron chi connectivity index (χ4n) is 1.60. The number of halogens is 2. The average Bonchev–Trinajstić information content (AvgIpc) is 2.38. The molecule has 24 heavy (non-hydrogen) atoms. The zero-order valence-electron chi connectivity index (χ0n) is 13.7. The molecule has 0 heterocycles. The summed E-state index contributed by atoms with van der Waals surface area (Å²) in [6.45, 7) is 4.93. The number of hydrogen-bond donors (Lipinski definition) is 3. The van der Waals surface area contributed by atoms with Gasteiger partial charge in [-0.05, 0) is 38.5 Å². The average molecular weight is 404 g/mol. The van der Waals surface area contributed by atoms with Crippen LogP contribution in [0.3, 0.4) is 0 Å². The quantitative estimate of drug-likeness (QED) is 0.606. The molecule has 0 aliphatic carbocycles. The van der Waals surface area contributed by atoms with Gasteiger partial charge in [0, 0.05) is 12.1 Å². The highest BCUT2D eigenvalue weighted by Crippen LogP contribution is 2.20. The number of nitrogens with one attached hydrogen (secondary N) is 2. The van der Waals surface area contributed by atoms with Crippen molar-refractivity contribution in [2.24, 2.45) is 5.73 Å². The molecule has 0 spiro atoms. The van der Waals surface area contributed by atoms with Crippen molar-refractivity contribution in [2.45, 2.75) is 37.6 Å². The van der Waals surface area contributed by atoms with E-state index < -0.39 is 31.4 Å². The second-order valence-corrected chi connectivity index (χ2v) is 9.48. The van der Waals surface area contributed by atoms with E-state index in [1.54, 1.807) is 20.8 Å². The van der Waals surface area contributed by atoms with Crippen LogP contribution in [-0.2, 0) is 20.0 Å². The van der Waals surface area contributed by atoms with Gasteiger partial charge in [-0.2, -0.15) is 0 Å². The van der Waals surface area contributed by atoms with Gasteiger partial charge in [0.25, 0.3) is 0 Å². The van der Waals surface area contributed by atoms with E-state index in [1.807, 2.05) is 0 Å². The molecule has 0 aliphatic heterocycles. The lowest BCUT2D eigenvalue weighted by molar-refractivity contribution is 0.497. The van der Waals surface area contributed by atoms with Crippen LogP contribution >= 0.6 is 12.4 Å². The summed E-state index contributed by atoms with van der Waals surface area (Å²) in [6, 6.07) is 2.96. The standard InChI is InChI=1S/C13H22FN3O4S2.ClH/c1-4-7-22(18,19)17-12-6-5-10(8-11(12)14)23(20,21)16-9-13(2,3)15;/h5-6,8,16-17H,4,7,9,15H2,1-3H3;1H. The van der Waals surface area contributed by atoms with Gasteiger partial charge < -0.3 is 5.73 Å². The van der Waals surface area contributed by atoms with Crippen LogP contribution in [0.2, 0.25) is 0 Å². The molecule has 0 atom stereocenters. The Balaban J connectivity index is 0.00000529. The largest absolute Gasteiger partial charge is 0.324 e. The number of hydrogen-bond acceptors (Lipinski definition) is 5. The van der Waals surface area contributed by atoms with Crippen molar-refractivity contribution in [3.05, 3.63) is 24.0 Å². The molecule has 7 nitrogen and oxygen atoms in total. The first-order valence-electron chi connectivity index (χ1n) is 6.95. The zero-order chi connectivity index (χ0) is 17.9. The van der Waals surface area contributed by atoms with E-state index in [1.165, 1.54) is 0 Å². The van der Waals surface area contributed by atoms with Crippen molar-refractivity contribution < 1.29 is 21.2 Å². The van der Waals surface area contributed by atoms with Crippen LogP contribution in [-0.4, -0.2) is 34.7 Å². The molecule has 0 saturated carbocycles.